The Hall–Kier alpha value is -4.17. The molecular formula is C27H25N3O4S. The van der Waals surface area contributed by atoms with Gasteiger partial charge in [-0.15, -0.1) is 0 Å². The first-order chi connectivity index (χ1) is 16.9. The summed E-state index contributed by atoms with van der Waals surface area (Å²) in [5.41, 5.74) is 1.56. The standard InChI is InChI=1S/C27H25N3O4S/c1-3-29(4-2)20-11-10-18(24(31)17-20)16-23-25(32)28-27(35)30(26(23)33)19-12-14-22(15-13-19)34-21-8-6-5-7-9-21/h5-17,31H,3-4H2,1-2H3,(H,28,32,35)/b23-16+. The SMILES string of the molecule is CCN(CC)c1ccc(/C=C2\C(=O)NC(=S)N(c3ccc(Oc4ccccc4)cc3)C2=O)c(O)c1. The van der Waals surface area contributed by atoms with Gasteiger partial charge >= 0.3 is 0 Å². The molecule has 7 nitrogen and oxygen atoms in total. The third kappa shape index (κ3) is 5.17. The fraction of sp³-hybridized carbons (Fsp3) is 0.148. The third-order valence-corrected chi connectivity index (χ3v) is 5.90. The summed E-state index contributed by atoms with van der Waals surface area (Å²) in [4.78, 5) is 29.2. The molecule has 1 saturated heterocycles. The molecule has 178 valence electrons. The molecule has 0 aliphatic carbocycles. The number of benzene rings is 3. The van der Waals surface area contributed by atoms with E-state index in [-0.39, 0.29) is 16.4 Å². The Morgan fingerprint density at radius 1 is 0.971 bits per heavy atom. The third-order valence-electron chi connectivity index (χ3n) is 5.62. The highest BCUT2D eigenvalue weighted by atomic mass is 32.1. The Balaban J connectivity index is 1.59. The molecule has 3 aromatic rings. The van der Waals surface area contributed by atoms with Crippen LogP contribution >= 0.6 is 12.2 Å². The molecule has 3 aromatic carbocycles. The minimum Gasteiger partial charge on any atom is -0.507 e. The van der Waals surface area contributed by atoms with E-state index in [9.17, 15) is 14.7 Å². The van der Waals surface area contributed by atoms with Crippen LogP contribution in [0.1, 0.15) is 19.4 Å². The number of thiocarbonyl (C=S) groups is 1. The zero-order valence-electron chi connectivity index (χ0n) is 19.4. The lowest BCUT2D eigenvalue weighted by Gasteiger charge is -2.29. The van der Waals surface area contributed by atoms with Crippen molar-refractivity contribution in [2.24, 2.45) is 0 Å². The van der Waals surface area contributed by atoms with Crippen LogP contribution in [-0.2, 0) is 9.59 Å². The second-order valence-corrected chi connectivity index (χ2v) is 8.17. The maximum atomic E-state index is 13.3. The number of carbonyl (C=O) groups is 2. The van der Waals surface area contributed by atoms with Crippen molar-refractivity contribution < 1.29 is 19.4 Å². The monoisotopic (exact) mass is 487 g/mol. The number of nitrogens with one attached hydrogen (secondary N) is 1. The summed E-state index contributed by atoms with van der Waals surface area (Å²) >= 11 is 5.28. The lowest BCUT2D eigenvalue weighted by atomic mass is 10.1. The summed E-state index contributed by atoms with van der Waals surface area (Å²) in [6.45, 7) is 5.64. The Bertz CT molecular complexity index is 1290. The second kappa shape index (κ2) is 10.4. The molecule has 0 unspecified atom stereocenters. The van der Waals surface area contributed by atoms with Crippen LogP contribution in [0.3, 0.4) is 0 Å². The van der Waals surface area contributed by atoms with E-state index in [4.69, 9.17) is 17.0 Å². The highest BCUT2D eigenvalue weighted by Gasteiger charge is 2.34. The van der Waals surface area contributed by atoms with Crippen LogP contribution in [-0.4, -0.2) is 35.1 Å². The lowest BCUT2D eigenvalue weighted by Crippen LogP contribution is -2.54. The number of nitrogens with zero attached hydrogens (tertiary/aromatic N) is 2. The van der Waals surface area contributed by atoms with Crippen molar-refractivity contribution in [3.63, 3.8) is 0 Å². The summed E-state index contributed by atoms with van der Waals surface area (Å²) < 4.78 is 5.80. The van der Waals surface area contributed by atoms with Gasteiger partial charge in [-0.1, -0.05) is 18.2 Å². The van der Waals surface area contributed by atoms with E-state index in [2.05, 4.69) is 10.2 Å². The van der Waals surface area contributed by atoms with Crippen LogP contribution in [0.25, 0.3) is 6.08 Å². The van der Waals surface area contributed by atoms with E-state index in [1.807, 2.05) is 50.2 Å². The Kier molecular flexibility index (Phi) is 7.12. The molecule has 4 rings (SSSR count). The number of amides is 2. The first-order valence-electron chi connectivity index (χ1n) is 11.2. The van der Waals surface area contributed by atoms with Crippen LogP contribution in [0, 0.1) is 0 Å². The van der Waals surface area contributed by atoms with E-state index in [1.54, 1.807) is 36.4 Å². The summed E-state index contributed by atoms with van der Waals surface area (Å²) in [5.74, 6) is 0.0577. The number of rotatable bonds is 7. The number of phenols is 1. The molecule has 0 radical (unpaired) electrons. The molecule has 8 heteroatoms. The summed E-state index contributed by atoms with van der Waals surface area (Å²) in [7, 11) is 0. The van der Waals surface area contributed by atoms with Gasteiger partial charge in [-0.2, -0.15) is 0 Å². The number of hydrogen-bond donors (Lipinski definition) is 2. The van der Waals surface area contributed by atoms with Gasteiger partial charge in [0.2, 0.25) is 0 Å². The first-order valence-corrected chi connectivity index (χ1v) is 11.6. The van der Waals surface area contributed by atoms with E-state index in [0.29, 0.717) is 22.7 Å². The zero-order chi connectivity index (χ0) is 24.9. The van der Waals surface area contributed by atoms with Crippen LogP contribution < -0.4 is 19.9 Å². The maximum absolute atomic E-state index is 13.3. The van der Waals surface area contributed by atoms with Gasteiger partial charge in [-0.25, -0.2) is 0 Å². The molecule has 1 fully saturated rings. The molecular weight excluding hydrogens is 462 g/mol. The molecule has 2 amide bonds. The van der Waals surface area contributed by atoms with Crippen molar-refractivity contribution in [2.45, 2.75) is 13.8 Å². The molecule has 0 saturated carbocycles. The highest BCUT2D eigenvalue weighted by molar-refractivity contribution is 7.80. The molecule has 1 aliphatic rings. The summed E-state index contributed by atoms with van der Waals surface area (Å²) in [5, 5.41) is 13.1. The van der Waals surface area contributed by atoms with E-state index in [1.165, 1.54) is 11.0 Å². The Morgan fingerprint density at radius 2 is 1.63 bits per heavy atom. The number of ether oxygens (including phenoxy) is 1. The molecule has 0 atom stereocenters. The summed E-state index contributed by atoms with van der Waals surface area (Å²) in [6, 6.07) is 21.3. The topological polar surface area (TPSA) is 82.1 Å². The molecule has 0 aromatic heterocycles. The van der Waals surface area contributed by atoms with Gasteiger partial charge in [-0.3, -0.25) is 19.8 Å². The van der Waals surface area contributed by atoms with Crippen LogP contribution in [0.15, 0.2) is 78.4 Å². The predicted molar refractivity (Wildman–Crippen MR) is 141 cm³/mol. The van der Waals surface area contributed by atoms with Crippen molar-refractivity contribution in [3.8, 4) is 17.2 Å². The van der Waals surface area contributed by atoms with E-state index >= 15 is 0 Å². The normalized spacial score (nSPS) is 14.7. The minimum atomic E-state index is -0.618. The van der Waals surface area contributed by atoms with E-state index in [0.717, 1.165) is 18.8 Å². The molecule has 1 aliphatic heterocycles. The smallest absolute Gasteiger partial charge is 0.270 e. The number of phenolic OH excluding ortho intramolecular Hbond substituents is 1. The van der Waals surface area contributed by atoms with Gasteiger partial charge in [0.25, 0.3) is 11.8 Å². The van der Waals surface area contributed by atoms with Crippen molar-refractivity contribution in [2.75, 3.05) is 22.9 Å². The number of anilines is 2. The largest absolute Gasteiger partial charge is 0.507 e. The fourth-order valence-electron chi connectivity index (χ4n) is 3.77. The van der Waals surface area contributed by atoms with Gasteiger partial charge < -0.3 is 14.7 Å². The molecule has 35 heavy (non-hydrogen) atoms. The van der Waals surface area contributed by atoms with Gasteiger partial charge in [0, 0.05) is 30.4 Å². The quantitative estimate of drug-likeness (QED) is 0.281. The van der Waals surface area contributed by atoms with Gasteiger partial charge in [-0.05, 0) is 80.7 Å². The molecule has 1 heterocycles. The number of aromatic hydroxyl groups is 1. The van der Waals surface area contributed by atoms with Crippen LogP contribution in [0.5, 0.6) is 17.2 Å². The van der Waals surface area contributed by atoms with Crippen molar-refractivity contribution in [1.82, 2.24) is 5.32 Å². The van der Waals surface area contributed by atoms with Crippen LogP contribution in [0.4, 0.5) is 11.4 Å². The Labute approximate surface area is 209 Å². The second-order valence-electron chi connectivity index (χ2n) is 7.78. The first kappa shape index (κ1) is 24.0. The Morgan fingerprint density at radius 3 is 2.26 bits per heavy atom. The summed E-state index contributed by atoms with van der Waals surface area (Å²) in [6.07, 6.45) is 1.38. The predicted octanol–water partition coefficient (Wildman–Crippen LogP) is 4.86. The lowest BCUT2D eigenvalue weighted by molar-refractivity contribution is -0.122. The number of hydrogen-bond acceptors (Lipinski definition) is 6. The average molecular weight is 488 g/mol. The minimum absolute atomic E-state index is 0.0185. The van der Waals surface area contributed by atoms with Gasteiger partial charge in [0.15, 0.2) is 5.11 Å². The van der Waals surface area contributed by atoms with Crippen molar-refractivity contribution >= 4 is 46.6 Å². The van der Waals surface area contributed by atoms with E-state index < -0.39 is 11.8 Å². The zero-order valence-corrected chi connectivity index (χ0v) is 20.2. The van der Waals surface area contributed by atoms with Crippen LogP contribution in [0.2, 0.25) is 0 Å². The number of para-hydroxylation sites is 1. The highest BCUT2D eigenvalue weighted by Crippen LogP contribution is 2.30. The molecule has 2 N–H and O–H groups in total. The fourth-order valence-corrected chi connectivity index (χ4v) is 4.06. The molecule has 0 spiro atoms. The van der Waals surface area contributed by atoms with Crippen molar-refractivity contribution in [3.05, 3.63) is 83.9 Å². The van der Waals surface area contributed by atoms with Crippen molar-refractivity contribution in [1.29, 1.82) is 0 Å². The average Bonchev–Trinajstić information content (AvgIpc) is 2.85. The molecule has 0 bridgehead atoms. The maximum Gasteiger partial charge on any atom is 0.270 e. The number of carbonyl (C=O) groups excluding carboxylic acids is 2. The van der Waals surface area contributed by atoms with Gasteiger partial charge in [0.1, 0.15) is 22.8 Å². The van der Waals surface area contributed by atoms with Gasteiger partial charge in [0.05, 0.1) is 5.69 Å².